The Labute approximate surface area is 769 Å². The largest absolute Gasteiger partial charge is 0.469 e. The number of ether oxygens (including phenoxy) is 5. The standard InChI is InChI=1S/C51H87N5O8.C50H82N4O10/c1-12-37(6)48(54(9)51(61)41(35(2)3)33-44(58)47(36(4)5)53(8)27-19-14-13-18-26-52)45(62-10)34-46(59)55-28-22-25-42(55)49(63-11)38(7)43(57)32-40(31-39-23-16-15-17-24-39)50(60)56-29-20-21-30-64-56;1-13-35(6)47(52(9)50(60)39(33(2)3)31-42(56)46(34(4)5)51(8)25-20-24-45(58)62-11)43(61-10)32-44(57)53-26-19-23-40(53)48(63-12)36(7)41(55)30-38(29-37-21-15-14-16-22-37)49(59)54-27-17-18-28-64-54/h15-17,23-24,35-38,40-42,45,47-49H,12-14,18-22,25-34,52H2,1-11H3;14-16,21-22,33-36,38-40,43,46-48H,13,17-20,23-32H2,1-12H3/t37-,38-,40+,41-,42-,45+,47-,48-,49+;35-,36-,38+,39-,40-,43+,46-,47-,48+/m00/s1. The van der Waals surface area contributed by atoms with Crippen LogP contribution in [-0.2, 0) is 98.9 Å². The topological polar surface area (TPSA) is 304 Å². The number of amides is 6. The third kappa shape index (κ3) is 33.1. The molecule has 18 atom stereocenters. The number of nitrogens with two attached hydrogens (primary N) is 1. The molecule has 6 amide bonds. The van der Waals surface area contributed by atoms with Crippen molar-refractivity contribution >= 4 is 64.5 Å². The van der Waals surface area contributed by atoms with Crippen molar-refractivity contribution < 1.29 is 86.1 Å². The van der Waals surface area contributed by atoms with Crippen LogP contribution in [0.2, 0.25) is 0 Å². The van der Waals surface area contributed by atoms with Crippen molar-refractivity contribution in [2.75, 3.05) is 123 Å². The van der Waals surface area contributed by atoms with Crippen LogP contribution >= 0.6 is 0 Å². The van der Waals surface area contributed by atoms with Crippen LogP contribution in [0.3, 0.4) is 0 Å². The van der Waals surface area contributed by atoms with Gasteiger partial charge in [0.15, 0.2) is 11.6 Å². The lowest BCUT2D eigenvalue weighted by Crippen LogP contribution is -2.54. The van der Waals surface area contributed by atoms with Gasteiger partial charge in [-0.05, 0) is 164 Å². The Morgan fingerprint density at radius 2 is 0.812 bits per heavy atom. The number of nitrogens with zero attached hydrogens (tertiary/aromatic N) is 8. The van der Waals surface area contributed by atoms with Gasteiger partial charge in [0.25, 0.3) is 0 Å². The number of ketones is 4. The molecule has 6 rings (SSSR count). The number of likely N-dealkylation sites (tertiary alicyclic amines) is 2. The van der Waals surface area contributed by atoms with Crippen LogP contribution in [0.5, 0.6) is 0 Å². The van der Waals surface area contributed by atoms with Gasteiger partial charge < -0.3 is 49.0 Å². The molecular formula is C101H169N9O18. The van der Waals surface area contributed by atoms with Gasteiger partial charge in [-0.2, -0.15) is 0 Å². The predicted octanol–water partition coefficient (Wildman–Crippen LogP) is 13.4. The number of esters is 1. The fourth-order valence-electron chi connectivity index (χ4n) is 20.2. The molecule has 0 bridgehead atoms. The van der Waals surface area contributed by atoms with Crippen LogP contribution in [0.25, 0.3) is 0 Å². The number of hydroxylamine groups is 4. The molecule has 4 aliphatic rings. The van der Waals surface area contributed by atoms with Gasteiger partial charge in [-0.15, -0.1) is 0 Å². The van der Waals surface area contributed by atoms with Gasteiger partial charge in [0, 0.05) is 124 Å². The molecule has 4 aliphatic heterocycles. The van der Waals surface area contributed by atoms with Gasteiger partial charge in [0.05, 0.1) is 106 Å². The maximum absolute atomic E-state index is 14.6. The minimum atomic E-state index is -0.646. The van der Waals surface area contributed by atoms with Crippen molar-refractivity contribution in [1.29, 1.82) is 0 Å². The number of hydrogen-bond acceptors (Lipinski definition) is 21. The monoisotopic (exact) mass is 1800 g/mol. The van der Waals surface area contributed by atoms with Gasteiger partial charge in [-0.25, -0.2) is 10.1 Å². The molecule has 128 heavy (non-hydrogen) atoms. The summed E-state index contributed by atoms with van der Waals surface area (Å²) in [6.45, 7) is 33.0. The van der Waals surface area contributed by atoms with E-state index in [2.05, 4.69) is 39.5 Å². The number of carbonyl (C=O) groups excluding carboxylic acids is 11. The second kappa shape index (κ2) is 57.5. The highest BCUT2D eigenvalue weighted by Gasteiger charge is 2.48. The average molecular weight is 1800 g/mol. The molecule has 4 heterocycles. The Kier molecular flexibility index (Phi) is 50.1. The van der Waals surface area contributed by atoms with Gasteiger partial charge in [0.1, 0.15) is 11.6 Å². The molecule has 27 heteroatoms. The van der Waals surface area contributed by atoms with Crippen LogP contribution in [0, 0.1) is 71.0 Å². The molecule has 726 valence electrons. The maximum atomic E-state index is 14.6. The molecule has 2 aromatic rings. The van der Waals surface area contributed by atoms with Crippen LogP contribution in [0.15, 0.2) is 60.7 Å². The van der Waals surface area contributed by atoms with E-state index < -0.39 is 78.0 Å². The molecule has 0 aliphatic carbocycles. The third-order valence-corrected chi connectivity index (χ3v) is 28.0. The lowest BCUT2D eigenvalue weighted by atomic mass is 9.83. The van der Waals surface area contributed by atoms with E-state index in [1.807, 2.05) is 152 Å². The number of carbonyl (C=O) groups is 11. The normalized spacial score (nSPS) is 19.5. The van der Waals surface area contributed by atoms with E-state index in [0.29, 0.717) is 84.6 Å². The van der Waals surface area contributed by atoms with Gasteiger partial charge in [-0.1, -0.05) is 183 Å². The van der Waals surface area contributed by atoms with Crippen molar-refractivity contribution in [3.63, 3.8) is 0 Å². The molecule has 2 aromatic carbocycles. The second-order valence-corrected chi connectivity index (χ2v) is 38.5. The van der Waals surface area contributed by atoms with Gasteiger partial charge in [0.2, 0.25) is 35.4 Å². The zero-order valence-corrected chi connectivity index (χ0v) is 82.8. The zero-order valence-electron chi connectivity index (χ0n) is 82.8. The van der Waals surface area contributed by atoms with E-state index in [9.17, 15) is 52.7 Å². The Bertz CT molecular complexity index is 3670. The first-order valence-electron chi connectivity index (χ1n) is 48.4. The van der Waals surface area contributed by atoms with Gasteiger partial charge in [-0.3, -0.25) is 72.2 Å². The van der Waals surface area contributed by atoms with E-state index in [0.717, 1.165) is 94.7 Å². The fraction of sp³-hybridized carbons (Fsp3) is 0.772. The minimum absolute atomic E-state index is 0.00958. The first-order chi connectivity index (χ1) is 60.9. The van der Waals surface area contributed by atoms with Crippen molar-refractivity contribution in [3.05, 3.63) is 71.8 Å². The third-order valence-electron chi connectivity index (χ3n) is 28.0. The van der Waals surface area contributed by atoms with E-state index in [4.69, 9.17) is 39.1 Å². The summed E-state index contributed by atoms with van der Waals surface area (Å²) in [6.07, 6.45) is 11.4. The first kappa shape index (κ1) is 112. The number of Topliss-reactive ketones (excluding diaryl/α,β-unsaturated/α-hetero) is 4. The van der Waals surface area contributed by atoms with Crippen LogP contribution in [0.1, 0.15) is 249 Å². The summed E-state index contributed by atoms with van der Waals surface area (Å²) >= 11 is 0. The molecule has 0 aromatic heterocycles. The highest BCUT2D eigenvalue weighted by atomic mass is 16.7. The highest BCUT2D eigenvalue weighted by Crippen LogP contribution is 2.37. The summed E-state index contributed by atoms with van der Waals surface area (Å²) in [5, 5.41) is 2.86. The van der Waals surface area contributed by atoms with E-state index in [-0.39, 0.29) is 163 Å². The summed E-state index contributed by atoms with van der Waals surface area (Å²) in [5.41, 5.74) is 7.62. The molecule has 4 fully saturated rings. The Morgan fingerprint density at radius 1 is 0.438 bits per heavy atom. The number of methoxy groups -OCH3 is 5. The Balaban J connectivity index is 0.000000454. The van der Waals surface area contributed by atoms with Crippen LogP contribution < -0.4 is 5.73 Å². The van der Waals surface area contributed by atoms with E-state index in [1.165, 1.54) is 17.2 Å². The van der Waals surface area contributed by atoms with Crippen molar-refractivity contribution in [1.82, 2.24) is 39.5 Å². The molecule has 4 saturated heterocycles. The molecule has 0 unspecified atom stereocenters. The van der Waals surface area contributed by atoms with Crippen LogP contribution in [0.4, 0.5) is 0 Å². The zero-order chi connectivity index (χ0) is 95.2. The smallest absolute Gasteiger partial charge is 0.305 e. The number of rotatable bonds is 56. The van der Waals surface area contributed by atoms with Crippen molar-refractivity contribution in [3.8, 4) is 0 Å². The number of hydrogen-bond donors (Lipinski definition) is 1. The summed E-state index contributed by atoms with van der Waals surface area (Å²) in [4.78, 5) is 177. The summed E-state index contributed by atoms with van der Waals surface area (Å²) in [7, 11) is 15.1. The lowest BCUT2D eigenvalue weighted by Gasteiger charge is -2.41. The van der Waals surface area contributed by atoms with E-state index in [1.54, 1.807) is 52.3 Å². The molecule has 0 radical (unpaired) electrons. The van der Waals surface area contributed by atoms with Crippen molar-refractivity contribution in [2.45, 2.75) is 312 Å². The fourth-order valence-corrected chi connectivity index (χ4v) is 20.2. The minimum Gasteiger partial charge on any atom is -0.469 e. The van der Waals surface area contributed by atoms with Crippen LogP contribution in [-0.4, -0.2) is 288 Å². The molecule has 27 nitrogen and oxygen atoms in total. The predicted molar refractivity (Wildman–Crippen MR) is 500 cm³/mol. The summed E-state index contributed by atoms with van der Waals surface area (Å²) < 4.78 is 29.2. The Hall–Kier alpha value is -6.95. The molecular weight excluding hydrogens is 1630 g/mol. The number of benzene rings is 2. The van der Waals surface area contributed by atoms with Crippen molar-refractivity contribution in [2.24, 2.45) is 76.7 Å². The lowest BCUT2D eigenvalue weighted by molar-refractivity contribution is -0.201. The number of unbranched alkanes of at least 4 members (excludes halogenated alkanes) is 3. The Morgan fingerprint density at radius 3 is 1.13 bits per heavy atom. The first-order valence-corrected chi connectivity index (χ1v) is 48.4. The summed E-state index contributed by atoms with van der Waals surface area (Å²) in [5.74, 6) is -5.06. The maximum Gasteiger partial charge on any atom is 0.305 e. The number of likely N-dealkylation sites (N-methyl/N-ethyl adjacent to an activating group) is 4. The quantitative estimate of drug-likeness (QED) is 0.0475. The molecule has 0 saturated carbocycles. The van der Waals surface area contributed by atoms with Gasteiger partial charge >= 0.3 is 5.97 Å². The van der Waals surface area contributed by atoms with E-state index >= 15 is 0 Å². The average Bonchev–Trinajstić information content (AvgIpc) is 1.59. The molecule has 0 spiro atoms. The molecule has 2 N–H and O–H groups in total. The highest BCUT2D eigenvalue weighted by molar-refractivity contribution is 5.92. The summed E-state index contributed by atoms with van der Waals surface area (Å²) in [6, 6.07) is 17.1. The second-order valence-electron chi connectivity index (χ2n) is 38.5. The SMILES string of the molecule is CC[C@H](C)[C@@H]([C@@H](CC(=O)N1CCC[C@H]1[C@H](OC)[C@@H](C)C(=O)C[C@@H](Cc1ccccc1)C(=O)N1CCCCO1)OC)N(C)C(=O)[C@@H](CC(=O)[C@H](C(C)C)N(C)CCCC(=O)OC)C(C)C.CC[C@H](C)[C@@H]([C@@H](CC(=O)N1CCC[C@H]1[C@H](OC)[C@@H](C)C(=O)C[C@@H](Cc1ccccc1)C(=O)N1CCCCO1)OC)N(C)C(=O)[C@@H](CC(=O)[C@H](C(C)C)N(C)CCCCCCN)C(C)C.